The molecule has 0 bridgehead atoms. The van der Waals surface area contributed by atoms with Gasteiger partial charge in [-0.1, -0.05) is 30.3 Å². The molecule has 3 aromatic rings. The Hall–Kier alpha value is -3.35. The smallest absolute Gasteiger partial charge is 0.0844 e. The molecule has 0 atom stereocenters. The summed E-state index contributed by atoms with van der Waals surface area (Å²) in [5.41, 5.74) is 11.9. The van der Waals surface area contributed by atoms with E-state index in [1.54, 1.807) is 18.5 Å². The summed E-state index contributed by atoms with van der Waals surface area (Å²) in [6.07, 6.45) is 3.87. The van der Waals surface area contributed by atoms with E-state index in [0.717, 1.165) is 49.5 Å². The molecule has 1 aromatic heterocycles. The van der Waals surface area contributed by atoms with Crippen molar-refractivity contribution in [3.8, 4) is 11.1 Å². The zero-order valence-corrected chi connectivity index (χ0v) is 17.5. The summed E-state index contributed by atoms with van der Waals surface area (Å²) in [6.45, 7) is 4.32. The van der Waals surface area contributed by atoms with Gasteiger partial charge in [0, 0.05) is 49.7 Å². The lowest BCUT2D eigenvalue weighted by Gasteiger charge is -2.26. The molecule has 2 heterocycles. The molecule has 0 saturated carbocycles. The first kappa shape index (κ1) is 20.9. The van der Waals surface area contributed by atoms with Crippen LogP contribution in [0.3, 0.4) is 0 Å². The summed E-state index contributed by atoms with van der Waals surface area (Å²) in [5, 5.41) is 17.2. The predicted octanol–water partition coefficient (Wildman–Crippen LogP) is 3.79. The van der Waals surface area contributed by atoms with Crippen LogP contribution in [0.1, 0.15) is 16.7 Å². The third kappa shape index (κ3) is 5.23. The second-order valence-corrected chi connectivity index (χ2v) is 7.78. The maximum atomic E-state index is 8.60. The molecule has 0 amide bonds. The van der Waals surface area contributed by atoms with E-state index in [4.69, 9.17) is 21.3 Å². The first-order valence-electron chi connectivity index (χ1n) is 10.4. The second-order valence-electron chi connectivity index (χ2n) is 7.78. The lowest BCUT2D eigenvalue weighted by Crippen LogP contribution is -2.35. The van der Waals surface area contributed by atoms with Crippen molar-refractivity contribution < 1.29 is 4.74 Å². The van der Waals surface area contributed by atoms with Crippen molar-refractivity contribution >= 4 is 17.1 Å². The fraction of sp³-hybridized carbons (Fsp3) is 0.240. The number of hydrogen-bond acceptors (Lipinski definition) is 6. The Morgan fingerprint density at radius 3 is 2.45 bits per heavy atom. The lowest BCUT2D eigenvalue weighted by molar-refractivity contribution is 0.0342. The van der Waals surface area contributed by atoms with E-state index in [0.29, 0.717) is 17.7 Å². The zero-order valence-electron chi connectivity index (χ0n) is 17.5. The van der Waals surface area contributed by atoms with Crippen molar-refractivity contribution in [3.05, 3.63) is 83.7 Å². The molecular formula is C25H27N5O. The fourth-order valence-electron chi connectivity index (χ4n) is 3.81. The van der Waals surface area contributed by atoms with Crippen LogP contribution < -0.4 is 5.73 Å². The summed E-state index contributed by atoms with van der Waals surface area (Å²) in [7, 11) is 0. The van der Waals surface area contributed by atoms with Crippen molar-refractivity contribution in [2.24, 2.45) is 0 Å². The van der Waals surface area contributed by atoms with Crippen molar-refractivity contribution in [3.63, 3.8) is 0 Å². The molecule has 31 heavy (non-hydrogen) atoms. The number of ether oxygens (including phenoxy) is 1. The van der Waals surface area contributed by atoms with E-state index in [9.17, 15) is 0 Å². The molecule has 0 unspecified atom stereocenters. The quantitative estimate of drug-likeness (QED) is 0.405. The molecule has 4 N–H and O–H groups in total. The molecule has 1 saturated heterocycles. The molecule has 0 spiro atoms. The maximum absolute atomic E-state index is 8.60. The van der Waals surface area contributed by atoms with Crippen LogP contribution in [0.5, 0.6) is 0 Å². The van der Waals surface area contributed by atoms with Gasteiger partial charge in [-0.15, -0.1) is 0 Å². The van der Waals surface area contributed by atoms with Gasteiger partial charge in [-0.3, -0.25) is 15.3 Å². The number of aromatic nitrogens is 1. The number of benzene rings is 2. The highest BCUT2D eigenvalue weighted by Gasteiger charge is 2.15. The Morgan fingerprint density at radius 2 is 1.68 bits per heavy atom. The number of hydrogen-bond donors (Lipinski definition) is 3. The Labute approximate surface area is 182 Å². The molecule has 6 nitrogen and oxygen atoms in total. The van der Waals surface area contributed by atoms with E-state index in [-0.39, 0.29) is 11.4 Å². The summed E-state index contributed by atoms with van der Waals surface area (Å²) in [6, 6.07) is 17.8. The van der Waals surface area contributed by atoms with Crippen LogP contribution >= 0.6 is 0 Å². The van der Waals surface area contributed by atoms with Crippen LogP contribution in [0.4, 0.5) is 5.69 Å². The Kier molecular flexibility index (Phi) is 6.50. The molecule has 6 heteroatoms. The first-order valence-corrected chi connectivity index (χ1v) is 10.4. The molecule has 1 aliphatic rings. The van der Waals surface area contributed by atoms with Gasteiger partial charge in [0.1, 0.15) is 0 Å². The van der Waals surface area contributed by atoms with Crippen LogP contribution in [0, 0.1) is 10.8 Å². The predicted molar refractivity (Wildman–Crippen MR) is 125 cm³/mol. The number of rotatable bonds is 7. The highest BCUT2D eigenvalue weighted by molar-refractivity contribution is 6.47. The number of nitrogens with zero attached hydrogens (tertiary/aromatic N) is 2. The average molecular weight is 414 g/mol. The van der Waals surface area contributed by atoms with Crippen LogP contribution in [0.25, 0.3) is 11.1 Å². The number of morpholine rings is 1. The minimum absolute atomic E-state index is 0.159. The van der Waals surface area contributed by atoms with Crippen LogP contribution in [0.15, 0.2) is 67.0 Å². The minimum atomic E-state index is 0.159. The van der Waals surface area contributed by atoms with Crippen LogP contribution in [0.2, 0.25) is 0 Å². The Bertz CT molecular complexity index is 1070. The summed E-state index contributed by atoms with van der Waals surface area (Å²) < 4.78 is 5.42. The van der Waals surface area contributed by atoms with Crippen molar-refractivity contribution in [2.75, 3.05) is 32.0 Å². The van der Waals surface area contributed by atoms with Gasteiger partial charge >= 0.3 is 0 Å². The molecule has 0 aliphatic carbocycles. The highest BCUT2D eigenvalue weighted by atomic mass is 16.5. The normalized spacial score (nSPS) is 14.3. The molecule has 1 aliphatic heterocycles. The first-order chi connectivity index (χ1) is 15.1. The highest BCUT2D eigenvalue weighted by Crippen LogP contribution is 2.24. The molecular weight excluding hydrogens is 386 g/mol. The van der Waals surface area contributed by atoms with Gasteiger partial charge in [0.05, 0.1) is 24.6 Å². The van der Waals surface area contributed by atoms with Gasteiger partial charge in [0.15, 0.2) is 0 Å². The van der Waals surface area contributed by atoms with E-state index < -0.39 is 0 Å². The Morgan fingerprint density at radius 1 is 0.935 bits per heavy atom. The average Bonchev–Trinajstić information content (AvgIpc) is 2.80. The van der Waals surface area contributed by atoms with Gasteiger partial charge in [0.25, 0.3) is 0 Å². The third-order valence-corrected chi connectivity index (χ3v) is 5.52. The van der Waals surface area contributed by atoms with Gasteiger partial charge in [0.2, 0.25) is 0 Å². The van der Waals surface area contributed by atoms with Crippen molar-refractivity contribution in [1.29, 1.82) is 10.8 Å². The summed E-state index contributed by atoms with van der Waals surface area (Å²) in [4.78, 5) is 6.43. The van der Waals surface area contributed by atoms with Crippen molar-refractivity contribution in [1.82, 2.24) is 9.88 Å². The van der Waals surface area contributed by atoms with Crippen molar-refractivity contribution in [2.45, 2.75) is 13.0 Å². The molecule has 158 valence electrons. The number of anilines is 1. The largest absolute Gasteiger partial charge is 0.398 e. The third-order valence-electron chi connectivity index (χ3n) is 5.52. The standard InChI is InChI=1S/C25H27N5O/c26-23-5-4-21(20-6-8-29-9-7-20)16-22(23)25(28)24(27)15-18-2-1-3-19(14-18)17-30-10-12-31-13-11-30/h1-9,14,16,27-28H,10-13,15,17,26H2. The number of pyridine rings is 1. The monoisotopic (exact) mass is 413 g/mol. The maximum Gasteiger partial charge on any atom is 0.0844 e. The number of nitrogens with one attached hydrogen (secondary N) is 2. The van der Waals surface area contributed by atoms with Gasteiger partial charge in [-0.05, 0) is 46.5 Å². The van der Waals surface area contributed by atoms with E-state index in [2.05, 4.69) is 22.0 Å². The van der Waals surface area contributed by atoms with Crippen LogP contribution in [-0.2, 0) is 17.7 Å². The van der Waals surface area contributed by atoms with Gasteiger partial charge in [-0.2, -0.15) is 0 Å². The van der Waals surface area contributed by atoms with Crippen LogP contribution in [-0.4, -0.2) is 47.6 Å². The summed E-state index contributed by atoms with van der Waals surface area (Å²) >= 11 is 0. The second kappa shape index (κ2) is 9.64. The SMILES string of the molecule is N=C(Cc1cccc(CN2CCOCC2)c1)C(=N)c1cc(-c2ccncc2)ccc1N. The zero-order chi connectivity index (χ0) is 21.6. The molecule has 0 radical (unpaired) electrons. The lowest BCUT2D eigenvalue weighted by atomic mass is 9.95. The number of nitrogens with two attached hydrogens (primary N) is 1. The number of nitrogen functional groups attached to an aromatic ring is 1. The van der Waals surface area contributed by atoms with E-state index >= 15 is 0 Å². The Balaban J connectivity index is 1.48. The summed E-state index contributed by atoms with van der Waals surface area (Å²) in [5.74, 6) is 0. The van der Waals surface area contributed by atoms with Gasteiger partial charge < -0.3 is 15.9 Å². The van der Waals surface area contributed by atoms with Gasteiger partial charge in [-0.25, -0.2) is 0 Å². The minimum Gasteiger partial charge on any atom is -0.398 e. The molecule has 4 rings (SSSR count). The van der Waals surface area contributed by atoms with E-state index in [1.807, 2.05) is 36.4 Å². The van der Waals surface area contributed by atoms with E-state index in [1.165, 1.54) is 5.56 Å². The molecule has 1 fully saturated rings. The molecule has 2 aromatic carbocycles. The topological polar surface area (TPSA) is 99.1 Å². The fourth-order valence-corrected chi connectivity index (χ4v) is 3.81.